The predicted octanol–water partition coefficient (Wildman–Crippen LogP) is 4.25. The molecule has 4 unspecified atom stereocenters. The molecule has 4 rings (SSSR count). The summed E-state index contributed by atoms with van der Waals surface area (Å²) in [4.78, 5) is 0. The van der Waals surface area contributed by atoms with E-state index in [1.807, 2.05) is 31.2 Å². The molecule has 0 radical (unpaired) electrons. The van der Waals surface area contributed by atoms with Gasteiger partial charge in [0.25, 0.3) is 0 Å². The fraction of sp³-hybridized carbons (Fsp3) is 0.304. The van der Waals surface area contributed by atoms with E-state index in [0.29, 0.717) is 11.1 Å². The standard InChI is InChI=1S/C23H17FN4O2/c1-14-3-7-17(8-4-14)23-15(2)22(13-27,20(28)30-23)21(11-25,12-26)19(29-23)16-5-9-18(24)10-6-16/h3-10,15,19,28H,1-2H3. The highest BCUT2D eigenvalue weighted by Gasteiger charge is 2.79. The van der Waals surface area contributed by atoms with Crippen molar-refractivity contribution in [2.75, 3.05) is 0 Å². The first kappa shape index (κ1) is 19.6. The number of hydrogen-bond donors (Lipinski definition) is 1. The van der Waals surface area contributed by atoms with Crippen molar-refractivity contribution >= 4 is 5.90 Å². The monoisotopic (exact) mass is 400 g/mol. The van der Waals surface area contributed by atoms with Crippen molar-refractivity contribution in [1.29, 1.82) is 21.2 Å². The molecule has 0 saturated carbocycles. The smallest absolute Gasteiger partial charge is 0.244 e. The third-order valence-corrected chi connectivity index (χ3v) is 6.30. The Morgan fingerprint density at radius 2 is 1.57 bits per heavy atom. The molecule has 2 aliphatic heterocycles. The van der Waals surface area contributed by atoms with Crippen LogP contribution in [-0.4, -0.2) is 5.90 Å². The van der Waals surface area contributed by atoms with Crippen LogP contribution in [0.4, 0.5) is 4.39 Å². The second-order valence-electron chi connectivity index (χ2n) is 7.69. The fourth-order valence-corrected chi connectivity index (χ4v) is 4.59. The molecule has 0 aliphatic carbocycles. The minimum Gasteiger partial charge on any atom is -0.443 e. The van der Waals surface area contributed by atoms with Gasteiger partial charge in [-0.1, -0.05) is 48.9 Å². The maximum atomic E-state index is 13.5. The van der Waals surface area contributed by atoms with Crippen molar-refractivity contribution in [2.45, 2.75) is 25.7 Å². The van der Waals surface area contributed by atoms with E-state index >= 15 is 0 Å². The van der Waals surface area contributed by atoms with Gasteiger partial charge in [0.15, 0.2) is 5.41 Å². The predicted molar refractivity (Wildman–Crippen MR) is 103 cm³/mol. The number of fused-ring (bicyclic) bond motifs is 2. The van der Waals surface area contributed by atoms with Crippen molar-refractivity contribution in [2.24, 2.45) is 16.7 Å². The molecule has 2 aromatic carbocycles. The van der Waals surface area contributed by atoms with Crippen LogP contribution in [0.2, 0.25) is 0 Å². The second-order valence-corrected chi connectivity index (χ2v) is 7.69. The van der Waals surface area contributed by atoms with E-state index in [2.05, 4.69) is 6.07 Å². The number of aryl methyl sites for hydroxylation is 1. The maximum absolute atomic E-state index is 13.5. The van der Waals surface area contributed by atoms with E-state index in [1.54, 1.807) is 19.1 Å². The Morgan fingerprint density at radius 1 is 0.967 bits per heavy atom. The molecule has 1 N–H and O–H groups in total. The first-order chi connectivity index (χ1) is 14.3. The summed E-state index contributed by atoms with van der Waals surface area (Å²) in [7, 11) is 0. The zero-order chi connectivity index (χ0) is 21.7. The number of hydrogen-bond acceptors (Lipinski definition) is 6. The third-order valence-electron chi connectivity index (χ3n) is 6.30. The number of benzene rings is 2. The number of rotatable bonds is 2. The first-order valence-electron chi connectivity index (χ1n) is 9.33. The van der Waals surface area contributed by atoms with Crippen LogP contribution in [0.3, 0.4) is 0 Å². The molecule has 2 saturated heterocycles. The van der Waals surface area contributed by atoms with Crippen molar-refractivity contribution in [3.8, 4) is 18.2 Å². The molecular weight excluding hydrogens is 383 g/mol. The lowest BCUT2D eigenvalue weighted by Gasteiger charge is -2.48. The minimum atomic E-state index is -2.07. The van der Waals surface area contributed by atoms with Gasteiger partial charge in [0.05, 0.1) is 24.1 Å². The zero-order valence-corrected chi connectivity index (χ0v) is 16.3. The SMILES string of the molecule is Cc1ccc(C23OC(=N)C(C#N)(C2C)C(C#N)(C#N)C(c2ccc(F)cc2)O3)cc1. The summed E-state index contributed by atoms with van der Waals surface area (Å²) in [6, 6.07) is 18.5. The molecule has 2 aliphatic rings. The molecule has 6 nitrogen and oxygen atoms in total. The summed E-state index contributed by atoms with van der Waals surface area (Å²) in [5, 5.41) is 39.0. The van der Waals surface area contributed by atoms with E-state index in [4.69, 9.17) is 14.9 Å². The van der Waals surface area contributed by atoms with E-state index in [9.17, 15) is 20.2 Å². The van der Waals surface area contributed by atoms with Gasteiger partial charge in [-0.15, -0.1) is 0 Å². The van der Waals surface area contributed by atoms with Crippen LogP contribution in [-0.2, 0) is 15.3 Å². The fourth-order valence-electron chi connectivity index (χ4n) is 4.59. The lowest BCUT2D eigenvalue weighted by Crippen LogP contribution is -2.57. The largest absolute Gasteiger partial charge is 0.443 e. The number of nitrogens with one attached hydrogen (secondary N) is 1. The van der Waals surface area contributed by atoms with Gasteiger partial charge in [0.2, 0.25) is 17.1 Å². The second kappa shape index (κ2) is 6.39. The van der Waals surface area contributed by atoms with Crippen molar-refractivity contribution in [3.05, 3.63) is 71.0 Å². The third kappa shape index (κ3) is 2.15. The van der Waals surface area contributed by atoms with Crippen LogP contribution in [0.25, 0.3) is 0 Å². The van der Waals surface area contributed by atoms with Crippen molar-refractivity contribution in [3.63, 3.8) is 0 Å². The van der Waals surface area contributed by atoms with Gasteiger partial charge in [0, 0.05) is 5.56 Å². The van der Waals surface area contributed by atoms with Crippen molar-refractivity contribution in [1.82, 2.24) is 0 Å². The lowest BCUT2D eigenvalue weighted by atomic mass is 9.53. The number of nitriles is 3. The molecule has 2 bridgehead atoms. The Balaban J connectivity index is 2.03. The Hall–Kier alpha value is -3.73. The molecule has 0 amide bonds. The molecular formula is C23H17FN4O2. The Bertz CT molecular complexity index is 1140. The Morgan fingerprint density at radius 3 is 2.10 bits per heavy atom. The zero-order valence-electron chi connectivity index (χ0n) is 16.3. The molecule has 148 valence electrons. The molecule has 7 heteroatoms. The summed E-state index contributed by atoms with van der Waals surface area (Å²) < 4.78 is 25.8. The van der Waals surface area contributed by atoms with Gasteiger partial charge in [-0.25, -0.2) is 4.39 Å². The van der Waals surface area contributed by atoms with Crippen LogP contribution in [0.15, 0.2) is 48.5 Å². The molecule has 0 spiro atoms. The van der Waals surface area contributed by atoms with Crippen LogP contribution >= 0.6 is 0 Å². The van der Waals surface area contributed by atoms with Crippen molar-refractivity contribution < 1.29 is 13.9 Å². The van der Waals surface area contributed by atoms with E-state index < -0.39 is 40.4 Å². The normalized spacial score (nSPS) is 31.1. The first-order valence-corrected chi connectivity index (χ1v) is 9.33. The number of halogens is 1. The van der Waals surface area contributed by atoms with E-state index in [1.165, 1.54) is 24.3 Å². The van der Waals surface area contributed by atoms with Crippen LogP contribution in [0.5, 0.6) is 0 Å². The van der Waals surface area contributed by atoms with Gasteiger partial charge >= 0.3 is 0 Å². The number of ether oxygens (including phenoxy) is 2. The summed E-state index contributed by atoms with van der Waals surface area (Å²) in [5.41, 5.74) is -2.03. The minimum absolute atomic E-state index is 0.348. The van der Waals surface area contributed by atoms with Crippen LogP contribution < -0.4 is 0 Å². The average molecular weight is 400 g/mol. The van der Waals surface area contributed by atoms with Gasteiger partial charge < -0.3 is 9.47 Å². The maximum Gasteiger partial charge on any atom is 0.244 e. The Kier molecular flexibility index (Phi) is 4.17. The quantitative estimate of drug-likeness (QED) is 0.810. The average Bonchev–Trinajstić information content (AvgIpc) is 2.91. The summed E-state index contributed by atoms with van der Waals surface area (Å²) >= 11 is 0. The molecule has 2 fully saturated rings. The van der Waals surface area contributed by atoms with Gasteiger partial charge in [-0.05, 0) is 24.6 Å². The Labute approximate surface area is 173 Å². The summed E-state index contributed by atoms with van der Waals surface area (Å²) in [6.45, 7) is 3.57. The molecule has 2 aromatic rings. The highest BCUT2D eigenvalue weighted by Crippen LogP contribution is 2.68. The molecule has 4 atom stereocenters. The van der Waals surface area contributed by atoms with Gasteiger partial charge in [-0.3, -0.25) is 5.41 Å². The summed E-state index contributed by atoms with van der Waals surface area (Å²) in [5.74, 6) is -3.35. The molecule has 2 heterocycles. The topological polar surface area (TPSA) is 114 Å². The van der Waals surface area contributed by atoms with E-state index in [-0.39, 0.29) is 0 Å². The highest BCUT2D eigenvalue weighted by molar-refractivity contribution is 5.89. The van der Waals surface area contributed by atoms with Gasteiger partial charge in [-0.2, -0.15) is 15.8 Å². The summed E-state index contributed by atoms with van der Waals surface area (Å²) in [6.07, 6.45) is -1.24. The molecule has 0 aromatic heterocycles. The highest BCUT2D eigenvalue weighted by atomic mass is 19.1. The lowest BCUT2D eigenvalue weighted by molar-refractivity contribution is -0.288. The van der Waals surface area contributed by atoms with E-state index in [0.717, 1.165) is 5.56 Å². The van der Waals surface area contributed by atoms with Crippen LogP contribution in [0.1, 0.15) is 29.7 Å². The molecule has 30 heavy (non-hydrogen) atoms. The van der Waals surface area contributed by atoms with Gasteiger partial charge in [0.1, 0.15) is 11.9 Å². The van der Waals surface area contributed by atoms with Crippen LogP contribution in [0, 0.1) is 68.9 Å². The number of nitrogens with zero attached hydrogens (tertiary/aromatic N) is 3.